The number of nitrogens with two attached hydrogens (primary N) is 1. The molecular formula is C10H16N4O2. The number of fused-ring (bicyclic) bond motifs is 1. The van der Waals surface area contributed by atoms with Crippen molar-refractivity contribution < 1.29 is 4.92 Å². The lowest BCUT2D eigenvalue weighted by molar-refractivity contribution is -0.390. The van der Waals surface area contributed by atoms with Gasteiger partial charge in [-0.1, -0.05) is 6.92 Å². The summed E-state index contributed by atoms with van der Waals surface area (Å²) in [7, 11) is 0. The number of aromatic nitrogens is 2. The average molecular weight is 224 g/mol. The molecule has 2 rings (SSSR count). The molecule has 16 heavy (non-hydrogen) atoms. The Morgan fingerprint density at radius 2 is 2.44 bits per heavy atom. The molecule has 1 unspecified atom stereocenters. The van der Waals surface area contributed by atoms with Crippen LogP contribution >= 0.6 is 0 Å². The molecule has 0 fully saturated rings. The quantitative estimate of drug-likeness (QED) is 0.617. The number of nitro groups is 1. The summed E-state index contributed by atoms with van der Waals surface area (Å²) in [6.07, 6.45) is 2.67. The van der Waals surface area contributed by atoms with E-state index in [-0.39, 0.29) is 16.7 Å². The van der Waals surface area contributed by atoms with Gasteiger partial charge in [0, 0.05) is 25.4 Å². The van der Waals surface area contributed by atoms with E-state index < -0.39 is 0 Å². The number of hydrogen-bond acceptors (Lipinski definition) is 4. The van der Waals surface area contributed by atoms with Crippen molar-refractivity contribution in [3.8, 4) is 0 Å². The van der Waals surface area contributed by atoms with Crippen LogP contribution in [-0.4, -0.2) is 21.0 Å². The summed E-state index contributed by atoms with van der Waals surface area (Å²) in [5.41, 5.74) is 6.41. The first-order valence-corrected chi connectivity index (χ1v) is 5.62. The highest BCUT2D eigenvalue weighted by atomic mass is 16.6. The number of imidazole rings is 1. The second-order valence-corrected chi connectivity index (χ2v) is 4.07. The summed E-state index contributed by atoms with van der Waals surface area (Å²) in [5, 5.41) is 11.0. The van der Waals surface area contributed by atoms with Crippen molar-refractivity contribution in [3.05, 3.63) is 21.6 Å². The Labute approximate surface area is 93.6 Å². The van der Waals surface area contributed by atoms with Gasteiger partial charge in [-0.15, -0.1) is 0 Å². The summed E-state index contributed by atoms with van der Waals surface area (Å²) in [4.78, 5) is 14.7. The van der Waals surface area contributed by atoms with E-state index in [0.29, 0.717) is 6.54 Å². The van der Waals surface area contributed by atoms with E-state index >= 15 is 0 Å². The van der Waals surface area contributed by atoms with E-state index in [1.807, 2.05) is 11.5 Å². The molecule has 1 aromatic rings. The van der Waals surface area contributed by atoms with Crippen molar-refractivity contribution in [1.82, 2.24) is 9.55 Å². The SMILES string of the molecule is CCc1nc([N+](=O)[O-])c2n1CCCC2CN. The topological polar surface area (TPSA) is 87.0 Å². The molecule has 0 bridgehead atoms. The number of nitrogens with zero attached hydrogens (tertiary/aromatic N) is 3. The van der Waals surface area contributed by atoms with Gasteiger partial charge in [-0.3, -0.25) is 0 Å². The van der Waals surface area contributed by atoms with Gasteiger partial charge in [0.15, 0.2) is 0 Å². The Hall–Kier alpha value is -1.43. The minimum atomic E-state index is -0.390. The zero-order valence-electron chi connectivity index (χ0n) is 9.35. The van der Waals surface area contributed by atoms with Crippen LogP contribution in [0.1, 0.15) is 37.2 Å². The van der Waals surface area contributed by atoms with Crippen molar-refractivity contribution in [1.29, 1.82) is 0 Å². The maximum absolute atomic E-state index is 11.0. The molecule has 0 radical (unpaired) electrons. The summed E-state index contributed by atoms with van der Waals surface area (Å²) < 4.78 is 1.99. The third-order valence-corrected chi connectivity index (χ3v) is 3.16. The molecule has 1 aliphatic heterocycles. The molecule has 0 amide bonds. The predicted octanol–water partition coefficient (Wildman–Crippen LogP) is 1.19. The van der Waals surface area contributed by atoms with Crippen LogP contribution in [0.2, 0.25) is 0 Å². The van der Waals surface area contributed by atoms with Crippen LogP contribution in [0.25, 0.3) is 0 Å². The molecule has 0 spiro atoms. The smallest absolute Gasteiger partial charge is 0.358 e. The summed E-state index contributed by atoms with van der Waals surface area (Å²) >= 11 is 0. The zero-order valence-corrected chi connectivity index (χ0v) is 9.35. The minimum absolute atomic E-state index is 0.00648. The molecule has 2 N–H and O–H groups in total. The first kappa shape index (κ1) is 11.1. The molecule has 6 heteroatoms. The third kappa shape index (κ3) is 1.59. The van der Waals surface area contributed by atoms with Crippen LogP contribution < -0.4 is 5.73 Å². The fourth-order valence-corrected chi connectivity index (χ4v) is 2.42. The molecule has 0 aliphatic carbocycles. The maximum Gasteiger partial charge on any atom is 0.385 e. The molecule has 6 nitrogen and oxygen atoms in total. The van der Waals surface area contributed by atoms with Gasteiger partial charge in [0.2, 0.25) is 5.82 Å². The molecule has 1 atom stereocenters. The van der Waals surface area contributed by atoms with Crippen LogP contribution in [0.4, 0.5) is 5.82 Å². The molecule has 0 saturated heterocycles. The highest BCUT2D eigenvalue weighted by Gasteiger charge is 2.33. The Morgan fingerprint density at radius 1 is 1.69 bits per heavy atom. The molecule has 0 aromatic carbocycles. The van der Waals surface area contributed by atoms with Crippen molar-refractivity contribution >= 4 is 5.82 Å². The van der Waals surface area contributed by atoms with E-state index in [9.17, 15) is 10.1 Å². The molecule has 1 aromatic heterocycles. The fraction of sp³-hybridized carbons (Fsp3) is 0.700. The molecular weight excluding hydrogens is 208 g/mol. The average Bonchev–Trinajstić information content (AvgIpc) is 2.67. The van der Waals surface area contributed by atoms with E-state index in [1.165, 1.54) is 0 Å². The molecule has 1 aliphatic rings. The maximum atomic E-state index is 11.0. The number of hydrogen-bond donors (Lipinski definition) is 1. The van der Waals surface area contributed by atoms with E-state index in [1.54, 1.807) is 0 Å². The fourth-order valence-electron chi connectivity index (χ4n) is 2.42. The Morgan fingerprint density at radius 3 is 3.00 bits per heavy atom. The first-order chi connectivity index (χ1) is 7.69. The van der Waals surface area contributed by atoms with Gasteiger partial charge in [-0.2, -0.15) is 0 Å². The molecule has 88 valence electrons. The standard InChI is InChI=1S/C10H16N4O2/c1-2-8-12-10(14(15)16)9-7(6-11)4-3-5-13(8)9/h7H,2-6,11H2,1H3. The van der Waals surface area contributed by atoms with Gasteiger partial charge in [0.1, 0.15) is 5.69 Å². The van der Waals surface area contributed by atoms with Gasteiger partial charge in [-0.25, -0.2) is 0 Å². The number of aryl methyl sites for hydroxylation is 1. The third-order valence-electron chi connectivity index (χ3n) is 3.16. The van der Waals surface area contributed by atoms with E-state index in [0.717, 1.165) is 37.3 Å². The van der Waals surface area contributed by atoms with E-state index in [2.05, 4.69) is 4.98 Å². The first-order valence-electron chi connectivity index (χ1n) is 5.62. The van der Waals surface area contributed by atoms with Crippen LogP contribution in [0.3, 0.4) is 0 Å². The normalized spacial score (nSPS) is 19.5. The largest absolute Gasteiger partial charge is 0.385 e. The van der Waals surface area contributed by atoms with Gasteiger partial charge in [0.05, 0.1) is 0 Å². The monoisotopic (exact) mass is 224 g/mol. The van der Waals surface area contributed by atoms with Gasteiger partial charge in [-0.05, 0) is 22.7 Å². The molecule has 0 saturated carbocycles. The second kappa shape index (κ2) is 4.21. The van der Waals surface area contributed by atoms with Gasteiger partial charge < -0.3 is 20.4 Å². The van der Waals surface area contributed by atoms with Gasteiger partial charge in [0.25, 0.3) is 0 Å². The highest BCUT2D eigenvalue weighted by Crippen LogP contribution is 2.34. The van der Waals surface area contributed by atoms with Crippen molar-refractivity contribution in [2.45, 2.75) is 38.6 Å². The van der Waals surface area contributed by atoms with E-state index in [4.69, 9.17) is 5.73 Å². The Bertz CT molecular complexity index is 413. The second-order valence-electron chi connectivity index (χ2n) is 4.07. The lowest BCUT2D eigenvalue weighted by atomic mass is 9.96. The van der Waals surface area contributed by atoms with Crippen LogP contribution in [0.5, 0.6) is 0 Å². The summed E-state index contributed by atoms with van der Waals surface area (Å²) in [6.45, 7) is 3.25. The highest BCUT2D eigenvalue weighted by molar-refractivity contribution is 5.34. The predicted molar refractivity (Wildman–Crippen MR) is 59.3 cm³/mol. The summed E-state index contributed by atoms with van der Waals surface area (Å²) in [6, 6.07) is 0. The summed E-state index contributed by atoms with van der Waals surface area (Å²) in [5.74, 6) is 0.897. The van der Waals surface area contributed by atoms with Crippen molar-refractivity contribution in [3.63, 3.8) is 0 Å². The van der Waals surface area contributed by atoms with Gasteiger partial charge >= 0.3 is 5.82 Å². The minimum Gasteiger partial charge on any atom is -0.358 e. The van der Waals surface area contributed by atoms with Crippen molar-refractivity contribution in [2.75, 3.05) is 6.54 Å². The van der Waals surface area contributed by atoms with Crippen LogP contribution in [-0.2, 0) is 13.0 Å². The lowest BCUT2D eigenvalue weighted by Crippen LogP contribution is -2.23. The number of rotatable bonds is 3. The Balaban J connectivity index is 2.56. The zero-order chi connectivity index (χ0) is 11.7. The molecule has 2 heterocycles. The lowest BCUT2D eigenvalue weighted by Gasteiger charge is -2.22. The van der Waals surface area contributed by atoms with Crippen LogP contribution in [0.15, 0.2) is 0 Å². The van der Waals surface area contributed by atoms with Crippen LogP contribution in [0, 0.1) is 10.1 Å². The van der Waals surface area contributed by atoms with Crippen molar-refractivity contribution in [2.24, 2.45) is 5.73 Å². The Kier molecular flexibility index (Phi) is 2.91.